The molecule has 3 rings (SSSR count). The van der Waals surface area contributed by atoms with Crippen LogP contribution in [0.5, 0.6) is 0 Å². The van der Waals surface area contributed by atoms with Crippen molar-refractivity contribution in [3.8, 4) is 0 Å². The van der Waals surface area contributed by atoms with E-state index < -0.39 is 24.1 Å². The van der Waals surface area contributed by atoms with Crippen molar-refractivity contribution >= 4 is 35.1 Å². The normalized spacial score (nSPS) is 19.2. The number of hydrogen-bond donors (Lipinski definition) is 0. The highest BCUT2D eigenvalue weighted by Crippen LogP contribution is 2.23. The van der Waals surface area contributed by atoms with Gasteiger partial charge in [-0.05, 0) is 48.5 Å². The maximum absolute atomic E-state index is 12.2. The van der Waals surface area contributed by atoms with Crippen LogP contribution in [0.3, 0.4) is 0 Å². The molecule has 7 heteroatoms. The van der Waals surface area contributed by atoms with Crippen molar-refractivity contribution in [1.82, 2.24) is 0 Å². The molecule has 0 aliphatic carbocycles. The summed E-state index contributed by atoms with van der Waals surface area (Å²) in [5, 5.41) is 1.07. The lowest BCUT2D eigenvalue weighted by Gasteiger charge is -2.19. The highest BCUT2D eigenvalue weighted by molar-refractivity contribution is 6.30. The van der Waals surface area contributed by atoms with Crippen molar-refractivity contribution in [1.29, 1.82) is 0 Å². The maximum atomic E-state index is 12.2. The topological polar surface area (TPSA) is 61.8 Å². The Hall–Kier alpha value is -2.08. The molecule has 1 aliphatic heterocycles. The second kappa shape index (κ2) is 8.54. The zero-order valence-corrected chi connectivity index (χ0v) is 15.1. The maximum Gasteiger partial charge on any atom is 0.338 e. The average Bonchev–Trinajstić information content (AvgIpc) is 3.08. The van der Waals surface area contributed by atoms with Gasteiger partial charge in [-0.2, -0.15) is 0 Å². The lowest BCUT2D eigenvalue weighted by molar-refractivity contribution is -0.0223. The molecule has 0 aromatic heterocycles. The Morgan fingerprint density at radius 1 is 0.923 bits per heavy atom. The minimum absolute atomic E-state index is 0.0312. The van der Waals surface area contributed by atoms with E-state index in [-0.39, 0.29) is 6.61 Å². The van der Waals surface area contributed by atoms with E-state index in [1.165, 1.54) is 0 Å². The van der Waals surface area contributed by atoms with Crippen LogP contribution in [-0.2, 0) is 14.2 Å². The van der Waals surface area contributed by atoms with E-state index in [4.69, 9.17) is 37.4 Å². The second-order valence-electron chi connectivity index (χ2n) is 5.63. The Morgan fingerprint density at radius 2 is 1.46 bits per heavy atom. The highest BCUT2D eigenvalue weighted by Gasteiger charge is 2.33. The third-order valence-electron chi connectivity index (χ3n) is 3.81. The van der Waals surface area contributed by atoms with Crippen LogP contribution >= 0.6 is 23.2 Å². The van der Waals surface area contributed by atoms with Crippen LogP contribution in [0.4, 0.5) is 0 Å². The van der Waals surface area contributed by atoms with Crippen LogP contribution in [-0.4, -0.2) is 30.8 Å². The number of halogens is 2. The van der Waals surface area contributed by atoms with E-state index in [0.717, 1.165) is 0 Å². The van der Waals surface area contributed by atoms with Gasteiger partial charge in [0.2, 0.25) is 0 Å². The summed E-state index contributed by atoms with van der Waals surface area (Å²) in [6, 6.07) is 12.7. The molecule has 26 heavy (non-hydrogen) atoms. The predicted molar refractivity (Wildman–Crippen MR) is 96.2 cm³/mol. The number of ether oxygens (including phenoxy) is 3. The first-order valence-electron chi connectivity index (χ1n) is 7.89. The predicted octanol–water partition coefficient (Wildman–Crippen LogP) is 4.33. The molecule has 1 saturated heterocycles. The van der Waals surface area contributed by atoms with Gasteiger partial charge in [0, 0.05) is 16.5 Å². The van der Waals surface area contributed by atoms with Crippen LogP contribution in [0, 0.1) is 6.61 Å². The summed E-state index contributed by atoms with van der Waals surface area (Å²) in [6.45, 7) is 1.51. The van der Waals surface area contributed by atoms with E-state index >= 15 is 0 Å². The van der Waals surface area contributed by atoms with Crippen molar-refractivity contribution in [2.75, 3.05) is 6.61 Å². The first-order chi connectivity index (χ1) is 12.5. The molecule has 1 aliphatic rings. The van der Waals surface area contributed by atoms with Crippen LogP contribution in [0.15, 0.2) is 48.5 Å². The summed E-state index contributed by atoms with van der Waals surface area (Å²) in [6.07, 6.45) is -0.665. The van der Waals surface area contributed by atoms with Crippen LogP contribution in [0.25, 0.3) is 0 Å². The number of benzene rings is 2. The molecule has 2 unspecified atom stereocenters. The zero-order valence-electron chi connectivity index (χ0n) is 13.6. The number of carbonyl (C=O) groups is 2. The summed E-state index contributed by atoms with van der Waals surface area (Å²) in [4.78, 5) is 24.2. The van der Waals surface area contributed by atoms with Crippen molar-refractivity contribution in [3.05, 3.63) is 76.3 Å². The van der Waals surface area contributed by atoms with Crippen molar-refractivity contribution in [3.63, 3.8) is 0 Å². The van der Waals surface area contributed by atoms with Gasteiger partial charge in [0.15, 0.2) is 0 Å². The van der Waals surface area contributed by atoms with Gasteiger partial charge in [-0.3, -0.25) is 0 Å². The number of carbonyl (C=O) groups excluding carboxylic acids is 2. The van der Waals surface area contributed by atoms with Gasteiger partial charge < -0.3 is 14.2 Å². The van der Waals surface area contributed by atoms with E-state index in [9.17, 15) is 9.59 Å². The molecule has 1 radical (unpaired) electrons. The standard InChI is InChI=1S/C19H15Cl2O5/c20-14-5-1-12(2-6-14)18(22)25-11-17-16(9-10-24-17)26-19(23)13-3-7-15(21)8-4-13/h1-8,10,16-17H,9,11H2. The molecular weight excluding hydrogens is 379 g/mol. The largest absolute Gasteiger partial charge is 0.459 e. The Kier molecular flexibility index (Phi) is 6.14. The Balaban J connectivity index is 1.54. The van der Waals surface area contributed by atoms with Crippen LogP contribution < -0.4 is 0 Å². The summed E-state index contributed by atoms with van der Waals surface area (Å²) in [5.41, 5.74) is 0.768. The average molecular weight is 394 g/mol. The summed E-state index contributed by atoms with van der Waals surface area (Å²) < 4.78 is 16.1. The molecular formula is C19H15Cl2O5. The SMILES string of the molecule is O=C(OCC1O[CH]CC1OC(=O)c1ccc(Cl)cc1)c1ccc(Cl)cc1. The van der Waals surface area contributed by atoms with Crippen LogP contribution in [0.2, 0.25) is 10.0 Å². The van der Waals surface area contributed by atoms with Gasteiger partial charge in [0.1, 0.15) is 18.8 Å². The van der Waals surface area contributed by atoms with Gasteiger partial charge >= 0.3 is 11.9 Å². The number of esters is 2. The van der Waals surface area contributed by atoms with Gasteiger partial charge in [-0.15, -0.1) is 0 Å². The molecule has 0 saturated carbocycles. The second-order valence-corrected chi connectivity index (χ2v) is 6.51. The third-order valence-corrected chi connectivity index (χ3v) is 4.32. The third kappa shape index (κ3) is 4.75. The molecule has 2 aromatic carbocycles. The van der Waals surface area contributed by atoms with Crippen molar-refractivity contribution in [2.45, 2.75) is 18.6 Å². The number of hydrogen-bond acceptors (Lipinski definition) is 5. The highest BCUT2D eigenvalue weighted by atomic mass is 35.5. The Morgan fingerprint density at radius 3 is 2.04 bits per heavy atom. The summed E-state index contributed by atoms with van der Waals surface area (Å²) >= 11 is 11.6. The molecule has 0 amide bonds. The van der Waals surface area contributed by atoms with E-state index in [0.29, 0.717) is 27.6 Å². The molecule has 2 atom stereocenters. The lowest BCUT2D eigenvalue weighted by Crippen LogP contribution is -2.32. The lowest BCUT2D eigenvalue weighted by atomic mass is 10.2. The van der Waals surface area contributed by atoms with Gasteiger partial charge in [-0.25, -0.2) is 9.59 Å². The molecule has 0 N–H and O–H groups in total. The fraction of sp³-hybridized carbons (Fsp3) is 0.211. The molecule has 1 fully saturated rings. The van der Waals surface area contributed by atoms with E-state index in [1.807, 2.05) is 0 Å². The fourth-order valence-electron chi connectivity index (χ4n) is 2.40. The van der Waals surface area contributed by atoms with Gasteiger partial charge in [-0.1, -0.05) is 23.2 Å². The Bertz CT molecular complexity index is 774. The fourth-order valence-corrected chi connectivity index (χ4v) is 2.65. The molecule has 5 nitrogen and oxygen atoms in total. The monoisotopic (exact) mass is 393 g/mol. The minimum Gasteiger partial charge on any atom is -0.459 e. The smallest absolute Gasteiger partial charge is 0.338 e. The summed E-state index contributed by atoms with van der Waals surface area (Å²) in [7, 11) is 0. The van der Waals surface area contributed by atoms with Gasteiger partial charge in [0.25, 0.3) is 0 Å². The quantitative estimate of drug-likeness (QED) is 0.707. The molecule has 135 valence electrons. The van der Waals surface area contributed by atoms with Crippen LogP contribution in [0.1, 0.15) is 27.1 Å². The van der Waals surface area contributed by atoms with Crippen molar-refractivity contribution < 1.29 is 23.8 Å². The van der Waals surface area contributed by atoms with Gasteiger partial charge in [0.05, 0.1) is 17.7 Å². The first kappa shape index (κ1) is 18.7. The molecule has 2 aromatic rings. The first-order valence-corrected chi connectivity index (χ1v) is 8.65. The zero-order chi connectivity index (χ0) is 18.5. The Labute approximate surface area is 160 Å². The minimum atomic E-state index is -0.553. The number of rotatable bonds is 5. The summed E-state index contributed by atoms with van der Waals surface area (Å²) in [5.74, 6) is -0.987. The van der Waals surface area contributed by atoms with E-state index in [2.05, 4.69) is 0 Å². The molecule has 0 spiro atoms. The van der Waals surface area contributed by atoms with Crippen molar-refractivity contribution in [2.24, 2.45) is 0 Å². The van der Waals surface area contributed by atoms with E-state index in [1.54, 1.807) is 55.1 Å². The molecule has 0 bridgehead atoms. The molecule has 1 heterocycles.